The average molecular weight is 2070 g/mol. The smallest absolute Gasteiger partial charge is 0.253 e. The summed E-state index contributed by atoms with van der Waals surface area (Å²) in [5.74, 6) is 0. The molecule has 8 rings (SSSR count). The van der Waals surface area contributed by atoms with Gasteiger partial charge in [-0.2, -0.15) is 0 Å². The van der Waals surface area contributed by atoms with Crippen LogP contribution in [0.15, 0.2) is 76.7 Å². The van der Waals surface area contributed by atoms with Crippen LogP contribution in [-0.2, 0) is 32.1 Å². The molecule has 4 N–H and O–H groups in total. The molecule has 0 unspecified atom stereocenters. The lowest BCUT2D eigenvalue weighted by Gasteiger charge is -2.26. The van der Waals surface area contributed by atoms with Crippen molar-refractivity contribution in [1.82, 2.24) is 0 Å². The molecule has 148 heavy (non-hydrogen) atoms. The highest BCUT2D eigenvalue weighted by atomic mass is 16.2. The van der Waals surface area contributed by atoms with Crippen molar-refractivity contribution >= 4 is 62.6 Å². The summed E-state index contributed by atoms with van der Waals surface area (Å²) in [5, 5.41) is 11.6. The first-order valence-electron chi connectivity index (χ1n) is 55.6. The van der Waals surface area contributed by atoms with Crippen LogP contribution in [0.4, 0.5) is 62.6 Å². The van der Waals surface area contributed by atoms with E-state index < -0.39 is 5.43 Å². The minimum atomic E-state index is -0.394. The molecule has 0 amide bonds. The fourth-order valence-corrected chi connectivity index (χ4v) is 18.1. The van der Waals surface area contributed by atoms with Crippen molar-refractivity contribution in [2.24, 2.45) is 43.3 Å². The van der Waals surface area contributed by atoms with Gasteiger partial charge >= 0.3 is 0 Å². The Morgan fingerprint density at radius 1 is 0.189 bits per heavy atom. The van der Waals surface area contributed by atoms with Crippen molar-refractivity contribution in [2.45, 2.75) is 419 Å². The van der Waals surface area contributed by atoms with E-state index in [2.05, 4.69) is 187 Å². The molecule has 8 aromatic rings. The largest absolute Gasteiger partial charge is 0.385 e. The predicted octanol–water partition coefficient (Wildman–Crippen LogP) is 20.3. The fraction of sp³-hybridized carbons (Fsp3) is 0.736. The molecule has 840 valence electrons. The zero-order valence-corrected chi connectivity index (χ0v) is 100. The Balaban J connectivity index is 0.000000846. The highest BCUT2D eigenvalue weighted by molar-refractivity contribution is 5.77. The molecular weight excluding hydrogens is 1860 g/mol. The van der Waals surface area contributed by atoms with E-state index in [0.29, 0.717) is 125 Å². The standard InChI is InChI=1S/C17H29NO2.C16H27NO2.2C15H26N2O2.2C15H25NO2.C14H24N2O2.C14H23NO2/c1-6-18(7-2)14-13(15(19)16(14)20)11-9-8-10-12-17(3,4)5;1-6-17(5)13-12(14(18)15(13)19)10-8-7-9-11-16(2,3)4;1-15(2,3)9-7-8-10-17(6)12-11(16(4)5)13(18)14(12)19;1-6-16-11-12(14(19)13(11)18)17(5)10-8-7-9-15(2,3)4;1-15(2,3)10-8-6-7-9-11-12(16(4)5)14(18)13(11)17;1-5-16-12-11(13(17)14(12)18)9-7-6-8-10-15(2,3)4;1-14(2,3)8-6-7-9-16(5)11-10(15-4)12(17)13(11)18;1-14(2,3)9-7-5-6-8-10-11(15-4)13(17)12(10)16/h6-12H2,1-5H3;6-11H2,1-5H3;7-10H2,1-6H3;16H,6-10H2,1-5H3;6-10H2,1-5H3;16H,5-10H2,1-4H3;15H,6-9H2,1-5H3;15H,5-9H2,1-4H3. The Kier molecular flexibility index (Phi) is 58.1. The molecule has 0 aliphatic heterocycles. The van der Waals surface area contributed by atoms with Crippen molar-refractivity contribution in [3.8, 4) is 0 Å². The number of nitrogens with one attached hydrogen (secondary N) is 4. The summed E-state index contributed by atoms with van der Waals surface area (Å²) in [4.78, 5) is 197. The van der Waals surface area contributed by atoms with Gasteiger partial charge in [0.1, 0.15) is 34.1 Å². The summed E-state index contributed by atoms with van der Waals surface area (Å²) in [7, 11) is 18.1. The Labute approximate surface area is 889 Å². The molecule has 0 aromatic heterocycles. The SMILES string of the molecule is CCN(C)c1c(CCCCCC(C)(C)C)c(=O)c1=O.CCN(CC)c1c(CCCCCC(C)(C)C)c(=O)c1=O.CCNc1c(CCCCCC(C)(C)C)c(=O)c1=O.CCNc1c(N(C)CCCCC(C)(C)C)c(=O)c1=O.CN(C)c1c(CCCCCC(C)(C)C)c(=O)c1=O.CN(C)c1c(N(C)CCCCC(C)(C)C)c(=O)c1=O.CNc1c(CCCCCC(C)(C)C)c(=O)c1=O.CNc1c(N(C)CCCCC(C)(C)C)c(=O)c1=O. The predicted molar refractivity (Wildman–Crippen MR) is 637 cm³/mol. The van der Waals surface area contributed by atoms with Crippen LogP contribution < -0.4 is 142 Å². The van der Waals surface area contributed by atoms with E-state index in [-0.39, 0.29) is 81.4 Å². The molecule has 0 aliphatic rings. The molecular formula is C121H205N11O16. The number of rotatable bonds is 53. The number of nitrogens with zero attached hydrogens (tertiary/aromatic N) is 7. The topological polar surface area (TPSA) is 344 Å². The lowest BCUT2D eigenvalue weighted by molar-refractivity contribution is 0.358. The van der Waals surface area contributed by atoms with Gasteiger partial charge < -0.3 is 55.6 Å². The maximum absolute atomic E-state index is 11.7. The van der Waals surface area contributed by atoms with E-state index >= 15 is 0 Å². The fourth-order valence-electron chi connectivity index (χ4n) is 18.1. The molecule has 0 saturated heterocycles. The zero-order valence-electron chi connectivity index (χ0n) is 100. The van der Waals surface area contributed by atoms with E-state index in [1.54, 1.807) is 38.0 Å². The maximum atomic E-state index is 11.7. The van der Waals surface area contributed by atoms with E-state index in [0.717, 1.165) is 196 Å². The van der Waals surface area contributed by atoms with Crippen molar-refractivity contribution in [2.75, 3.05) is 178 Å². The van der Waals surface area contributed by atoms with Gasteiger partial charge in [-0.3, -0.25) is 76.7 Å². The third-order valence-electron chi connectivity index (χ3n) is 27.1. The third-order valence-corrected chi connectivity index (χ3v) is 27.1. The first-order valence-corrected chi connectivity index (χ1v) is 55.6. The van der Waals surface area contributed by atoms with Crippen LogP contribution in [0.1, 0.15) is 415 Å². The molecule has 0 saturated carbocycles. The van der Waals surface area contributed by atoms with E-state index in [4.69, 9.17) is 0 Å². The monoisotopic (exact) mass is 2070 g/mol. The van der Waals surface area contributed by atoms with Gasteiger partial charge in [0.2, 0.25) is 54.3 Å². The highest BCUT2D eigenvalue weighted by Gasteiger charge is 2.31. The quantitative estimate of drug-likeness (QED) is 0.0203. The normalized spacial score (nSPS) is 12.0. The van der Waals surface area contributed by atoms with Crippen LogP contribution in [0, 0.1) is 43.3 Å². The summed E-state index contributed by atoms with van der Waals surface area (Å²) >= 11 is 0. The van der Waals surface area contributed by atoms with Crippen LogP contribution in [0.5, 0.6) is 0 Å². The summed E-state index contributed by atoms with van der Waals surface area (Å²) in [6, 6.07) is 0. The Morgan fingerprint density at radius 3 is 0.696 bits per heavy atom. The lowest BCUT2D eigenvalue weighted by atomic mass is 9.89. The molecule has 0 aliphatic carbocycles. The molecule has 27 nitrogen and oxygen atoms in total. The van der Waals surface area contributed by atoms with Gasteiger partial charge in [0.25, 0.3) is 32.6 Å². The van der Waals surface area contributed by atoms with E-state index in [1.807, 2.05) is 101 Å². The maximum Gasteiger partial charge on any atom is 0.253 e. The molecule has 8 aromatic carbocycles. The molecule has 0 heterocycles. The van der Waals surface area contributed by atoms with Gasteiger partial charge in [-0.05, 0) is 213 Å². The number of hydrogen-bond donors (Lipinski definition) is 4. The Bertz CT molecular complexity index is 5890. The number of anilines is 11. The number of unbranched alkanes of at least 4 members (excludes halogenated alkanes) is 13. The van der Waals surface area contributed by atoms with Gasteiger partial charge in [0.15, 0.2) is 0 Å². The van der Waals surface area contributed by atoms with Crippen LogP contribution in [0.2, 0.25) is 0 Å². The van der Waals surface area contributed by atoms with Crippen molar-refractivity contribution in [3.63, 3.8) is 0 Å². The van der Waals surface area contributed by atoms with Crippen molar-refractivity contribution < 1.29 is 0 Å². The van der Waals surface area contributed by atoms with Crippen LogP contribution in [0.25, 0.3) is 0 Å². The second-order valence-corrected chi connectivity index (χ2v) is 51.1. The molecule has 27 heteroatoms. The van der Waals surface area contributed by atoms with E-state index in [9.17, 15) is 76.7 Å². The lowest BCUT2D eigenvalue weighted by Crippen LogP contribution is -2.43. The van der Waals surface area contributed by atoms with E-state index in [1.165, 1.54) is 83.5 Å². The second-order valence-electron chi connectivity index (χ2n) is 51.1. The van der Waals surface area contributed by atoms with Gasteiger partial charge in [0, 0.05) is 151 Å². The van der Waals surface area contributed by atoms with Gasteiger partial charge in [-0.1, -0.05) is 250 Å². The van der Waals surface area contributed by atoms with Crippen molar-refractivity contribution in [3.05, 3.63) is 191 Å². The molecule has 0 radical (unpaired) electrons. The first kappa shape index (κ1) is 136. The summed E-state index contributed by atoms with van der Waals surface area (Å²) in [6.45, 7) is 69.8. The third kappa shape index (κ3) is 46.7. The summed E-state index contributed by atoms with van der Waals surface area (Å²) in [5.41, 5.74) is 7.81. The van der Waals surface area contributed by atoms with Crippen molar-refractivity contribution in [1.29, 1.82) is 0 Å². The van der Waals surface area contributed by atoms with Crippen LogP contribution >= 0.6 is 0 Å². The minimum Gasteiger partial charge on any atom is -0.385 e. The summed E-state index contributed by atoms with van der Waals surface area (Å²) in [6.07, 6.45) is 36.5. The van der Waals surface area contributed by atoms with Crippen LogP contribution in [0.3, 0.4) is 0 Å². The van der Waals surface area contributed by atoms with Gasteiger partial charge in [0.05, 0.1) is 28.4 Å². The Morgan fingerprint density at radius 2 is 0.405 bits per heavy atom. The van der Waals surface area contributed by atoms with Gasteiger partial charge in [-0.25, -0.2) is 0 Å². The zero-order chi connectivity index (χ0) is 114. The molecule has 0 fully saturated rings. The highest BCUT2D eigenvalue weighted by Crippen LogP contribution is 2.32. The first-order chi connectivity index (χ1) is 68.3. The molecule has 0 atom stereocenters. The summed E-state index contributed by atoms with van der Waals surface area (Å²) < 4.78 is 0. The second kappa shape index (κ2) is 63.1. The minimum absolute atomic E-state index is 0.247. The number of hydrogen-bond acceptors (Lipinski definition) is 27. The molecule has 0 bridgehead atoms. The van der Waals surface area contributed by atoms with Crippen LogP contribution in [-0.4, -0.2) is 123 Å². The average Bonchev–Trinajstić information content (AvgIpc) is 0.802. The Hall–Kier alpha value is -9.56. The van der Waals surface area contributed by atoms with Gasteiger partial charge in [-0.15, -0.1) is 0 Å². The molecule has 0 spiro atoms.